The van der Waals surface area contributed by atoms with Crippen molar-refractivity contribution >= 4 is 11.6 Å². The molecule has 0 heterocycles. The largest absolute Gasteiger partial charge is 0.375 e. The Kier molecular flexibility index (Phi) is 5.92. The highest BCUT2D eigenvalue weighted by molar-refractivity contribution is 5.89. The van der Waals surface area contributed by atoms with Gasteiger partial charge in [0.05, 0.1) is 5.41 Å². The molecule has 1 saturated carbocycles. The lowest BCUT2D eigenvalue weighted by Gasteiger charge is -2.40. The molecule has 1 aliphatic rings. The third kappa shape index (κ3) is 4.06. The fourth-order valence-corrected chi connectivity index (χ4v) is 3.62. The van der Waals surface area contributed by atoms with Gasteiger partial charge >= 0.3 is 0 Å². The number of amides is 1. The van der Waals surface area contributed by atoms with Crippen LogP contribution in [-0.2, 0) is 10.2 Å². The number of anilines is 1. The number of hydrogen-bond acceptors (Lipinski definition) is 2. The first-order valence-electron chi connectivity index (χ1n) is 9.42. The van der Waals surface area contributed by atoms with Crippen LogP contribution in [0.1, 0.15) is 37.7 Å². The molecule has 4 heteroatoms. The standard InChI is InChI=1S/C22H27FN2O/c1-25(20-11-3-2-4-12-20)16-6-5-15-24-21(26)22(13-8-14-22)18-9-7-10-19(23)17-18/h2-4,7,9-12,17H,5-6,8,13-16H2,1H3,(H,24,26). The van der Waals surface area contributed by atoms with E-state index in [-0.39, 0.29) is 11.7 Å². The van der Waals surface area contributed by atoms with E-state index >= 15 is 0 Å². The fraction of sp³-hybridized carbons (Fsp3) is 0.409. The van der Waals surface area contributed by atoms with Crippen LogP contribution in [-0.4, -0.2) is 26.0 Å². The van der Waals surface area contributed by atoms with Crippen molar-refractivity contribution in [3.63, 3.8) is 0 Å². The van der Waals surface area contributed by atoms with Crippen molar-refractivity contribution in [2.75, 3.05) is 25.0 Å². The van der Waals surface area contributed by atoms with Gasteiger partial charge in [0.15, 0.2) is 0 Å². The van der Waals surface area contributed by atoms with E-state index in [1.165, 1.54) is 17.8 Å². The third-order valence-electron chi connectivity index (χ3n) is 5.42. The van der Waals surface area contributed by atoms with Crippen molar-refractivity contribution in [3.8, 4) is 0 Å². The lowest BCUT2D eigenvalue weighted by molar-refractivity contribution is -0.129. The van der Waals surface area contributed by atoms with Crippen molar-refractivity contribution in [2.45, 2.75) is 37.5 Å². The first-order valence-corrected chi connectivity index (χ1v) is 9.42. The topological polar surface area (TPSA) is 32.3 Å². The zero-order chi connectivity index (χ0) is 18.4. The van der Waals surface area contributed by atoms with Gasteiger partial charge in [-0.2, -0.15) is 0 Å². The molecule has 0 unspecified atom stereocenters. The summed E-state index contributed by atoms with van der Waals surface area (Å²) in [5.74, 6) is -0.226. The molecule has 0 radical (unpaired) electrons. The zero-order valence-corrected chi connectivity index (χ0v) is 15.4. The molecule has 26 heavy (non-hydrogen) atoms. The predicted molar refractivity (Wildman–Crippen MR) is 104 cm³/mol. The third-order valence-corrected chi connectivity index (χ3v) is 5.42. The summed E-state index contributed by atoms with van der Waals surface area (Å²) < 4.78 is 13.6. The van der Waals surface area contributed by atoms with E-state index < -0.39 is 5.41 Å². The van der Waals surface area contributed by atoms with E-state index in [0.717, 1.165) is 44.2 Å². The van der Waals surface area contributed by atoms with E-state index in [1.54, 1.807) is 6.07 Å². The summed E-state index contributed by atoms with van der Waals surface area (Å²) >= 11 is 0. The van der Waals surface area contributed by atoms with Gasteiger partial charge in [-0.1, -0.05) is 36.8 Å². The number of nitrogens with zero attached hydrogens (tertiary/aromatic N) is 1. The molecule has 3 rings (SSSR count). The normalized spacial score (nSPS) is 15.2. The maximum atomic E-state index is 13.6. The molecule has 2 aromatic rings. The highest BCUT2D eigenvalue weighted by Crippen LogP contribution is 2.44. The predicted octanol–water partition coefficient (Wildman–Crippen LogP) is 4.28. The van der Waals surface area contributed by atoms with Gasteiger partial charge in [0.2, 0.25) is 5.91 Å². The molecule has 0 aromatic heterocycles. The smallest absolute Gasteiger partial charge is 0.230 e. The van der Waals surface area contributed by atoms with E-state index in [9.17, 15) is 9.18 Å². The van der Waals surface area contributed by atoms with Crippen LogP contribution in [0.2, 0.25) is 0 Å². The summed E-state index contributed by atoms with van der Waals surface area (Å²) in [4.78, 5) is 15.0. The molecule has 0 atom stereocenters. The van der Waals surface area contributed by atoms with Gasteiger partial charge < -0.3 is 10.2 Å². The second-order valence-corrected chi connectivity index (χ2v) is 7.17. The molecule has 0 aliphatic heterocycles. The highest BCUT2D eigenvalue weighted by atomic mass is 19.1. The van der Waals surface area contributed by atoms with Gasteiger partial charge in [0, 0.05) is 25.8 Å². The number of halogens is 1. The molecule has 138 valence electrons. The minimum absolute atomic E-state index is 0.0470. The van der Waals surface area contributed by atoms with E-state index in [2.05, 4.69) is 29.4 Å². The Hall–Kier alpha value is -2.36. The van der Waals surface area contributed by atoms with Crippen LogP contribution in [0.25, 0.3) is 0 Å². The minimum Gasteiger partial charge on any atom is -0.375 e. The number of carbonyl (C=O) groups excluding carboxylic acids is 1. The van der Waals surface area contributed by atoms with Crippen LogP contribution >= 0.6 is 0 Å². The van der Waals surface area contributed by atoms with Crippen molar-refractivity contribution < 1.29 is 9.18 Å². The molecule has 0 bridgehead atoms. The Bertz CT molecular complexity index is 728. The van der Waals surface area contributed by atoms with Crippen LogP contribution in [0.5, 0.6) is 0 Å². The summed E-state index contributed by atoms with van der Waals surface area (Å²) in [6, 6.07) is 16.8. The molecule has 0 saturated heterocycles. The second-order valence-electron chi connectivity index (χ2n) is 7.17. The zero-order valence-electron chi connectivity index (χ0n) is 15.4. The first-order chi connectivity index (χ1) is 12.6. The summed E-state index contributed by atoms with van der Waals surface area (Å²) in [5.41, 5.74) is 1.49. The van der Waals surface area contributed by atoms with E-state index in [0.29, 0.717) is 6.54 Å². The number of rotatable bonds is 8. The molecule has 1 aliphatic carbocycles. The lowest BCUT2D eigenvalue weighted by Crippen LogP contribution is -2.49. The van der Waals surface area contributed by atoms with E-state index in [1.807, 2.05) is 24.3 Å². The van der Waals surface area contributed by atoms with Crippen LogP contribution in [0.15, 0.2) is 54.6 Å². The van der Waals surface area contributed by atoms with Crippen molar-refractivity contribution in [1.29, 1.82) is 0 Å². The maximum absolute atomic E-state index is 13.6. The van der Waals surface area contributed by atoms with Gasteiger partial charge in [-0.05, 0) is 55.5 Å². The molecule has 1 N–H and O–H groups in total. The van der Waals surface area contributed by atoms with Crippen LogP contribution in [0.4, 0.5) is 10.1 Å². The SMILES string of the molecule is CN(CCCCNC(=O)C1(c2cccc(F)c2)CCC1)c1ccccc1. The average molecular weight is 354 g/mol. The van der Waals surface area contributed by atoms with Crippen molar-refractivity contribution in [1.82, 2.24) is 5.32 Å². The number of benzene rings is 2. The van der Waals surface area contributed by atoms with E-state index in [4.69, 9.17) is 0 Å². The highest BCUT2D eigenvalue weighted by Gasteiger charge is 2.45. The second kappa shape index (κ2) is 8.35. The van der Waals surface area contributed by atoms with Crippen molar-refractivity contribution in [2.24, 2.45) is 0 Å². The van der Waals surface area contributed by atoms with Gasteiger partial charge in [-0.15, -0.1) is 0 Å². The molecular weight excluding hydrogens is 327 g/mol. The van der Waals surface area contributed by atoms with Crippen LogP contribution < -0.4 is 10.2 Å². The Morgan fingerprint density at radius 1 is 1.12 bits per heavy atom. The van der Waals surface area contributed by atoms with Gasteiger partial charge in [0.1, 0.15) is 5.82 Å². The average Bonchev–Trinajstić information content (AvgIpc) is 2.61. The number of unbranched alkanes of at least 4 members (excludes halogenated alkanes) is 1. The Balaban J connectivity index is 1.45. The molecular formula is C22H27FN2O. The monoisotopic (exact) mass is 354 g/mol. The Morgan fingerprint density at radius 3 is 2.54 bits per heavy atom. The fourth-order valence-electron chi connectivity index (χ4n) is 3.62. The minimum atomic E-state index is -0.525. The molecule has 1 amide bonds. The first kappa shape index (κ1) is 18.4. The lowest BCUT2D eigenvalue weighted by atomic mass is 9.64. The summed E-state index contributed by atoms with van der Waals surface area (Å²) in [6.45, 7) is 1.62. The molecule has 0 spiro atoms. The quantitative estimate of drug-likeness (QED) is 0.718. The summed E-state index contributed by atoms with van der Waals surface area (Å²) in [5, 5.41) is 3.08. The van der Waals surface area contributed by atoms with Crippen LogP contribution in [0.3, 0.4) is 0 Å². The number of carbonyl (C=O) groups is 1. The van der Waals surface area contributed by atoms with Gasteiger partial charge in [-0.3, -0.25) is 4.79 Å². The van der Waals surface area contributed by atoms with Gasteiger partial charge in [-0.25, -0.2) is 4.39 Å². The Morgan fingerprint density at radius 2 is 1.88 bits per heavy atom. The molecule has 2 aromatic carbocycles. The van der Waals surface area contributed by atoms with Crippen LogP contribution in [0, 0.1) is 5.82 Å². The maximum Gasteiger partial charge on any atom is 0.230 e. The molecule has 3 nitrogen and oxygen atoms in total. The van der Waals surface area contributed by atoms with Crippen molar-refractivity contribution in [3.05, 3.63) is 66.0 Å². The number of para-hydroxylation sites is 1. The summed E-state index contributed by atoms with van der Waals surface area (Å²) in [6.07, 6.45) is 4.57. The Labute approximate surface area is 155 Å². The number of nitrogens with one attached hydrogen (secondary N) is 1. The van der Waals surface area contributed by atoms with Gasteiger partial charge in [0.25, 0.3) is 0 Å². The number of hydrogen-bond donors (Lipinski definition) is 1. The summed E-state index contributed by atoms with van der Waals surface area (Å²) in [7, 11) is 2.08. The molecule has 1 fully saturated rings.